The first-order valence-corrected chi connectivity index (χ1v) is 7.54. The molecule has 100 valence electrons. The third kappa shape index (κ3) is 3.45. The third-order valence-electron chi connectivity index (χ3n) is 3.68. The van der Waals surface area contributed by atoms with Crippen LogP contribution in [0.15, 0.2) is 5.38 Å². The zero-order valence-corrected chi connectivity index (χ0v) is 11.7. The summed E-state index contributed by atoms with van der Waals surface area (Å²) in [6, 6.07) is 0. The normalized spacial score (nSPS) is 20.7. The summed E-state index contributed by atoms with van der Waals surface area (Å²) < 4.78 is 0. The van der Waals surface area contributed by atoms with E-state index in [1.54, 1.807) is 0 Å². The lowest BCUT2D eigenvalue weighted by molar-refractivity contribution is -0.130. The number of carbonyl (C=O) groups excluding carboxylic acids is 1. The Balaban J connectivity index is 1.89. The minimum atomic E-state index is 0.192. The van der Waals surface area contributed by atoms with E-state index in [4.69, 9.17) is 5.73 Å². The average molecular weight is 267 g/mol. The Kier molecular flexibility index (Phi) is 4.58. The SMILES string of the molecule is CCC1CCCN(C(=O)Cc2csc(N)n2)CC1. The number of rotatable bonds is 3. The molecular weight excluding hydrogens is 246 g/mol. The van der Waals surface area contributed by atoms with Gasteiger partial charge >= 0.3 is 0 Å². The molecule has 1 unspecified atom stereocenters. The van der Waals surface area contributed by atoms with Crippen molar-refractivity contribution in [2.45, 2.75) is 39.0 Å². The number of likely N-dealkylation sites (tertiary alicyclic amines) is 1. The topological polar surface area (TPSA) is 59.2 Å². The van der Waals surface area contributed by atoms with Gasteiger partial charge in [-0.25, -0.2) is 4.98 Å². The van der Waals surface area contributed by atoms with Gasteiger partial charge in [-0.15, -0.1) is 11.3 Å². The van der Waals surface area contributed by atoms with Gasteiger partial charge in [-0.3, -0.25) is 4.79 Å². The van der Waals surface area contributed by atoms with Crippen molar-refractivity contribution in [3.05, 3.63) is 11.1 Å². The Morgan fingerprint density at radius 2 is 2.39 bits per heavy atom. The number of nitrogen functional groups attached to an aromatic ring is 1. The van der Waals surface area contributed by atoms with Gasteiger partial charge in [0.25, 0.3) is 0 Å². The highest BCUT2D eigenvalue weighted by Gasteiger charge is 2.20. The average Bonchev–Trinajstić information content (AvgIpc) is 2.65. The zero-order chi connectivity index (χ0) is 13.0. The van der Waals surface area contributed by atoms with Crippen molar-refractivity contribution >= 4 is 22.4 Å². The highest BCUT2D eigenvalue weighted by molar-refractivity contribution is 7.13. The smallest absolute Gasteiger partial charge is 0.228 e. The third-order valence-corrected chi connectivity index (χ3v) is 4.40. The summed E-state index contributed by atoms with van der Waals surface area (Å²) in [7, 11) is 0. The van der Waals surface area contributed by atoms with E-state index in [1.807, 2.05) is 10.3 Å². The van der Waals surface area contributed by atoms with Crippen LogP contribution in [0.3, 0.4) is 0 Å². The fraction of sp³-hybridized carbons (Fsp3) is 0.692. The van der Waals surface area contributed by atoms with Crippen molar-refractivity contribution in [3.8, 4) is 0 Å². The summed E-state index contributed by atoms with van der Waals surface area (Å²) in [5, 5.41) is 2.42. The number of thiazole rings is 1. The van der Waals surface area contributed by atoms with Crippen LogP contribution in [0, 0.1) is 5.92 Å². The van der Waals surface area contributed by atoms with E-state index in [0.29, 0.717) is 11.6 Å². The molecule has 0 radical (unpaired) electrons. The van der Waals surface area contributed by atoms with Crippen molar-refractivity contribution in [1.82, 2.24) is 9.88 Å². The molecule has 18 heavy (non-hydrogen) atoms. The number of hydrogen-bond acceptors (Lipinski definition) is 4. The number of aromatic nitrogens is 1. The molecule has 0 aliphatic carbocycles. The van der Waals surface area contributed by atoms with E-state index in [-0.39, 0.29) is 5.91 Å². The highest BCUT2D eigenvalue weighted by atomic mass is 32.1. The molecule has 4 nitrogen and oxygen atoms in total. The number of carbonyl (C=O) groups is 1. The van der Waals surface area contributed by atoms with Gasteiger partial charge < -0.3 is 10.6 Å². The zero-order valence-electron chi connectivity index (χ0n) is 10.9. The van der Waals surface area contributed by atoms with Crippen LogP contribution >= 0.6 is 11.3 Å². The van der Waals surface area contributed by atoms with E-state index in [0.717, 1.165) is 37.5 Å². The minimum absolute atomic E-state index is 0.192. The van der Waals surface area contributed by atoms with Gasteiger partial charge in [-0.1, -0.05) is 13.3 Å². The Bertz CT molecular complexity index is 405. The maximum Gasteiger partial charge on any atom is 0.228 e. The molecule has 0 spiro atoms. The van der Waals surface area contributed by atoms with Gasteiger partial charge in [0.1, 0.15) is 0 Å². The predicted octanol–water partition coefficient (Wildman–Crippen LogP) is 2.31. The second kappa shape index (κ2) is 6.18. The number of nitrogens with zero attached hydrogens (tertiary/aromatic N) is 2. The van der Waals surface area contributed by atoms with E-state index >= 15 is 0 Å². The maximum absolute atomic E-state index is 12.2. The van der Waals surface area contributed by atoms with E-state index < -0.39 is 0 Å². The summed E-state index contributed by atoms with van der Waals surface area (Å²) in [5.41, 5.74) is 6.38. The molecule has 0 bridgehead atoms. The predicted molar refractivity (Wildman–Crippen MR) is 74.4 cm³/mol. The first kappa shape index (κ1) is 13.3. The van der Waals surface area contributed by atoms with Crippen molar-refractivity contribution in [2.24, 2.45) is 5.92 Å². The Hall–Kier alpha value is -1.10. The van der Waals surface area contributed by atoms with E-state index in [2.05, 4.69) is 11.9 Å². The van der Waals surface area contributed by atoms with E-state index in [1.165, 1.54) is 24.2 Å². The summed E-state index contributed by atoms with van der Waals surface area (Å²) in [6.45, 7) is 4.03. The number of anilines is 1. The Morgan fingerprint density at radius 1 is 1.56 bits per heavy atom. The lowest BCUT2D eigenvalue weighted by Gasteiger charge is -2.20. The van der Waals surface area contributed by atoms with Crippen LogP contribution in [-0.2, 0) is 11.2 Å². The summed E-state index contributed by atoms with van der Waals surface area (Å²) in [4.78, 5) is 18.3. The molecule has 5 heteroatoms. The molecule has 2 N–H and O–H groups in total. The lowest BCUT2D eigenvalue weighted by atomic mass is 9.98. The molecule has 1 saturated heterocycles. The van der Waals surface area contributed by atoms with Gasteiger partial charge in [-0.05, 0) is 25.2 Å². The number of nitrogens with two attached hydrogens (primary N) is 1. The molecule has 1 amide bonds. The van der Waals surface area contributed by atoms with Crippen LogP contribution in [0.25, 0.3) is 0 Å². The second-order valence-electron chi connectivity index (χ2n) is 4.94. The van der Waals surface area contributed by atoms with Crippen molar-refractivity contribution in [1.29, 1.82) is 0 Å². The second-order valence-corrected chi connectivity index (χ2v) is 5.83. The van der Waals surface area contributed by atoms with Crippen molar-refractivity contribution in [2.75, 3.05) is 18.8 Å². The molecule has 1 aliphatic rings. The molecule has 1 aromatic heterocycles. The molecule has 2 heterocycles. The van der Waals surface area contributed by atoms with Crippen LogP contribution < -0.4 is 5.73 Å². The first-order valence-electron chi connectivity index (χ1n) is 6.66. The number of amides is 1. The fourth-order valence-corrected chi connectivity index (χ4v) is 3.06. The van der Waals surface area contributed by atoms with Crippen LogP contribution in [0.4, 0.5) is 5.13 Å². The summed E-state index contributed by atoms with van der Waals surface area (Å²) >= 11 is 1.40. The molecule has 1 fully saturated rings. The Labute approximate surface area is 112 Å². The van der Waals surface area contributed by atoms with Gasteiger partial charge in [0.05, 0.1) is 12.1 Å². The number of hydrogen-bond donors (Lipinski definition) is 1. The van der Waals surface area contributed by atoms with Gasteiger partial charge in [0, 0.05) is 18.5 Å². The van der Waals surface area contributed by atoms with Gasteiger partial charge in [-0.2, -0.15) is 0 Å². The molecule has 1 aliphatic heterocycles. The maximum atomic E-state index is 12.2. The molecule has 0 saturated carbocycles. The molecule has 2 rings (SSSR count). The van der Waals surface area contributed by atoms with Crippen molar-refractivity contribution in [3.63, 3.8) is 0 Å². The molecular formula is C13H21N3OS. The molecule has 0 aromatic carbocycles. The summed E-state index contributed by atoms with van der Waals surface area (Å²) in [5.74, 6) is 0.981. The summed E-state index contributed by atoms with van der Waals surface area (Å²) in [6.07, 6.45) is 5.14. The van der Waals surface area contributed by atoms with Crippen LogP contribution in [0.5, 0.6) is 0 Å². The standard InChI is InChI=1S/C13H21N3OS/c1-2-10-4-3-6-16(7-5-10)12(17)8-11-9-18-13(14)15-11/h9-10H,2-8H2,1H3,(H2,14,15). The molecule has 1 aromatic rings. The van der Waals surface area contributed by atoms with Crippen LogP contribution in [-0.4, -0.2) is 28.9 Å². The largest absolute Gasteiger partial charge is 0.375 e. The lowest BCUT2D eigenvalue weighted by Crippen LogP contribution is -2.33. The Morgan fingerprint density at radius 3 is 3.06 bits per heavy atom. The fourth-order valence-electron chi connectivity index (χ4n) is 2.49. The highest BCUT2D eigenvalue weighted by Crippen LogP contribution is 2.21. The monoisotopic (exact) mass is 267 g/mol. The van der Waals surface area contributed by atoms with Crippen LogP contribution in [0.2, 0.25) is 0 Å². The molecule has 1 atom stereocenters. The van der Waals surface area contributed by atoms with Crippen molar-refractivity contribution < 1.29 is 4.79 Å². The quantitative estimate of drug-likeness (QED) is 0.914. The van der Waals surface area contributed by atoms with E-state index in [9.17, 15) is 4.79 Å². The minimum Gasteiger partial charge on any atom is -0.375 e. The first-order chi connectivity index (χ1) is 8.69. The van der Waals surface area contributed by atoms with Crippen LogP contribution in [0.1, 0.15) is 38.3 Å². The van der Waals surface area contributed by atoms with Gasteiger partial charge in [0.15, 0.2) is 5.13 Å². The van der Waals surface area contributed by atoms with Gasteiger partial charge in [0.2, 0.25) is 5.91 Å².